The van der Waals surface area contributed by atoms with Crippen LogP contribution in [-0.4, -0.2) is 15.6 Å². The van der Waals surface area contributed by atoms with E-state index in [1.807, 2.05) is 6.07 Å². The van der Waals surface area contributed by atoms with Crippen molar-refractivity contribution in [2.75, 3.05) is 10.6 Å². The fourth-order valence-electron chi connectivity index (χ4n) is 1.72. The summed E-state index contributed by atoms with van der Waals surface area (Å²) >= 11 is 1.29. The first-order valence-electron chi connectivity index (χ1n) is 5.76. The van der Waals surface area contributed by atoms with E-state index in [0.717, 1.165) is 10.2 Å². The second-order valence-corrected chi connectivity index (χ2v) is 4.83. The van der Waals surface area contributed by atoms with Crippen LogP contribution in [0.15, 0.2) is 42.5 Å². The van der Waals surface area contributed by atoms with E-state index < -0.39 is 11.8 Å². The van der Waals surface area contributed by atoms with Gasteiger partial charge in [-0.15, -0.1) is 5.10 Å². The van der Waals surface area contributed by atoms with Gasteiger partial charge < -0.3 is 10.6 Å². The molecule has 0 unspecified atom stereocenters. The maximum absolute atomic E-state index is 13.0. The van der Waals surface area contributed by atoms with E-state index in [2.05, 4.69) is 20.2 Å². The maximum Gasteiger partial charge on any atom is 0.323 e. The summed E-state index contributed by atoms with van der Waals surface area (Å²) in [5.41, 5.74) is 1.71. The Kier molecular flexibility index (Phi) is 3.26. The number of hydrogen-bond acceptors (Lipinski definition) is 4. The van der Waals surface area contributed by atoms with E-state index >= 15 is 0 Å². The quantitative estimate of drug-likeness (QED) is 0.758. The molecule has 2 amide bonds. The van der Waals surface area contributed by atoms with Crippen molar-refractivity contribution in [2.45, 2.75) is 0 Å². The molecule has 5 nitrogen and oxygen atoms in total. The summed E-state index contributed by atoms with van der Waals surface area (Å²) < 4.78 is 17.8. The topological polar surface area (TPSA) is 66.9 Å². The first-order valence-corrected chi connectivity index (χ1v) is 6.54. The predicted molar refractivity (Wildman–Crippen MR) is 76.5 cm³/mol. The molecule has 0 saturated carbocycles. The van der Waals surface area contributed by atoms with Gasteiger partial charge in [0.25, 0.3) is 0 Å². The lowest BCUT2D eigenvalue weighted by Crippen LogP contribution is -2.19. The highest BCUT2D eigenvalue weighted by atomic mass is 32.1. The van der Waals surface area contributed by atoms with Gasteiger partial charge >= 0.3 is 6.03 Å². The average Bonchev–Trinajstić information content (AvgIpc) is 2.86. The molecule has 0 atom stereocenters. The number of aromatic nitrogens is 2. The summed E-state index contributed by atoms with van der Waals surface area (Å²) in [5.74, 6) is -0.405. The number of fused-ring (bicyclic) bond motifs is 1. The van der Waals surface area contributed by atoms with Crippen molar-refractivity contribution in [3.8, 4) is 0 Å². The Morgan fingerprint density at radius 1 is 1.10 bits per heavy atom. The molecule has 0 aliphatic heterocycles. The fraction of sp³-hybridized carbons (Fsp3) is 0. The van der Waals surface area contributed by atoms with Crippen LogP contribution in [0.1, 0.15) is 0 Å². The number of benzene rings is 2. The molecular weight excluding hydrogens is 279 g/mol. The third kappa shape index (κ3) is 2.72. The van der Waals surface area contributed by atoms with E-state index in [1.54, 1.807) is 18.2 Å². The summed E-state index contributed by atoms with van der Waals surface area (Å²) in [6, 6.07) is 10.6. The Bertz CT molecular complexity index is 774. The zero-order valence-corrected chi connectivity index (χ0v) is 10.9. The number of amides is 2. The Labute approximate surface area is 117 Å². The van der Waals surface area contributed by atoms with Crippen LogP contribution >= 0.6 is 11.5 Å². The van der Waals surface area contributed by atoms with Crippen LogP contribution in [0.3, 0.4) is 0 Å². The molecule has 100 valence electrons. The molecule has 0 aliphatic rings. The maximum atomic E-state index is 13.0. The third-order valence-electron chi connectivity index (χ3n) is 2.59. The van der Waals surface area contributed by atoms with Crippen LogP contribution in [0.25, 0.3) is 10.2 Å². The van der Waals surface area contributed by atoms with Gasteiger partial charge in [-0.2, -0.15) is 0 Å². The normalized spacial score (nSPS) is 10.4. The lowest BCUT2D eigenvalue weighted by atomic mass is 10.3. The molecular formula is C13H9FN4OS. The number of carbonyl (C=O) groups is 1. The van der Waals surface area contributed by atoms with Crippen molar-refractivity contribution in [1.29, 1.82) is 0 Å². The lowest BCUT2D eigenvalue weighted by molar-refractivity contribution is 0.262. The van der Waals surface area contributed by atoms with Gasteiger partial charge in [0.1, 0.15) is 11.3 Å². The van der Waals surface area contributed by atoms with E-state index in [0.29, 0.717) is 11.4 Å². The molecule has 3 aromatic rings. The summed E-state index contributed by atoms with van der Waals surface area (Å²) in [6.07, 6.45) is 0. The largest absolute Gasteiger partial charge is 0.323 e. The molecule has 1 aromatic heterocycles. The first-order chi connectivity index (χ1) is 9.70. The number of anilines is 2. The molecule has 0 bridgehead atoms. The van der Waals surface area contributed by atoms with Gasteiger partial charge in [-0.1, -0.05) is 10.6 Å². The summed E-state index contributed by atoms with van der Waals surface area (Å²) in [7, 11) is 0. The number of hydrogen-bond donors (Lipinski definition) is 2. The molecule has 20 heavy (non-hydrogen) atoms. The van der Waals surface area contributed by atoms with E-state index in [1.165, 1.54) is 29.7 Å². The molecule has 0 fully saturated rings. The SMILES string of the molecule is O=C(Nc1cccc(F)c1)Nc1ccc2snnc2c1. The molecule has 2 N–H and O–H groups in total. The Balaban J connectivity index is 1.72. The second-order valence-electron chi connectivity index (χ2n) is 4.04. The van der Waals surface area contributed by atoms with Crippen molar-refractivity contribution in [2.24, 2.45) is 0 Å². The lowest BCUT2D eigenvalue weighted by Gasteiger charge is -2.07. The number of carbonyl (C=O) groups excluding carboxylic acids is 1. The molecule has 0 spiro atoms. The highest BCUT2D eigenvalue weighted by Crippen LogP contribution is 2.20. The molecule has 1 heterocycles. The second kappa shape index (κ2) is 5.22. The molecule has 0 radical (unpaired) electrons. The van der Waals surface area contributed by atoms with Gasteiger partial charge in [-0.3, -0.25) is 0 Å². The molecule has 7 heteroatoms. The van der Waals surface area contributed by atoms with E-state index in [9.17, 15) is 9.18 Å². The van der Waals surface area contributed by atoms with Gasteiger partial charge in [0.2, 0.25) is 0 Å². The van der Waals surface area contributed by atoms with Gasteiger partial charge in [0.05, 0.1) is 4.70 Å². The van der Waals surface area contributed by atoms with Crippen molar-refractivity contribution >= 4 is 39.2 Å². The van der Waals surface area contributed by atoms with Crippen LogP contribution < -0.4 is 10.6 Å². The van der Waals surface area contributed by atoms with E-state index in [4.69, 9.17) is 0 Å². The standard InChI is InChI=1S/C13H9FN4OS/c14-8-2-1-3-9(6-8)15-13(19)16-10-4-5-12-11(7-10)17-18-20-12/h1-7H,(H2,15,16,19). The van der Waals surface area contributed by atoms with Crippen LogP contribution in [0.5, 0.6) is 0 Å². The van der Waals surface area contributed by atoms with Gasteiger partial charge in [-0.25, -0.2) is 9.18 Å². The molecule has 3 rings (SSSR count). The van der Waals surface area contributed by atoms with Crippen molar-refractivity contribution in [3.05, 3.63) is 48.3 Å². The zero-order chi connectivity index (χ0) is 13.9. The number of nitrogens with one attached hydrogen (secondary N) is 2. The predicted octanol–water partition coefficient (Wildman–Crippen LogP) is 3.47. The third-order valence-corrected chi connectivity index (χ3v) is 3.29. The highest BCUT2D eigenvalue weighted by molar-refractivity contribution is 7.12. The minimum atomic E-state index is -0.446. The Morgan fingerprint density at radius 2 is 1.90 bits per heavy atom. The van der Waals surface area contributed by atoms with Gasteiger partial charge in [0.15, 0.2) is 0 Å². The smallest absolute Gasteiger partial charge is 0.308 e. The summed E-state index contributed by atoms with van der Waals surface area (Å²) in [6.45, 7) is 0. The number of halogens is 1. The first kappa shape index (κ1) is 12.5. The Hall–Kier alpha value is -2.54. The van der Waals surface area contributed by atoms with Crippen LogP contribution in [0.2, 0.25) is 0 Å². The fourth-order valence-corrected chi connectivity index (χ4v) is 2.26. The molecule has 0 aliphatic carbocycles. The monoisotopic (exact) mass is 288 g/mol. The molecule has 2 aromatic carbocycles. The summed E-state index contributed by atoms with van der Waals surface area (Å²) in [5, 5.41) is 9.14. The Morgan fingerprint density at radius 3 is 2.70 bits per heavy atom. The van der Waals surface area contributed by atoms with Crippen molar-refractivity contribution in [1.82, 2.24) is 9.59 Å². The molecule has 0 saturated heterocycles. The van der Waals surface area contributed by atoms with Crippen LogP contribution in [0, 0.1) is 5.82 Å². The minimum Gasteiger partial charge on any atom is -0.308 e. The number of urea groups is 1. The van der Waals surface area contributed by atoms with E-state index in [-0.39, 0.29) is 0 Å². The van der Waals surface area contributed by atoms with Gasteiger partial charge in [0, 0.05) is 11.4 Å². The average molecular weight is 288 g/mol. The van der Waals surface area contributed by atoms with Crippen molar-refractivity contribution < 1.29 is 9.18 Å². The zero-order valence-electron chi connectivity index (χ0n) is 10.1. The summed E-state index contributed by atoms with van der Waals surface area (Å²) in [4.78, 5) is 11.8. The minimum absolute atomic E-state index is 0.388. The van der Waals surface area contributed by atoms with Crippen molar-refractivity contribution in [3.63, 3.8) is 0 Å². The van der Waals surface area contributed by atoms with Gasteiger partial charge in [-0.05, 0) is 47.9 Å². The number of nitrogens with zero attached hydrogens (tertiary/aromatic N) is 2. The van der Waals surface area contributed by atoms with Crippen LogP contribution in [-0.2, 0) is 0 Å². The number of rotatable bonds is 2. The van der Waals surface area contributed by atoms with Crippen LogP contribution in [0.4, 0.5) is 20.6 Å². The highest BCUT2D eigenvalue weighted by Gasteiger charge is 2.05.